The predicted molar refractivity (Wildman–Crippen MR) is 106 cm³/mol. The van der Waals surface area contributed by atoms with Gasteiger partial charge in [0.15, 0.2) is 0 Å². The Kier molecular flexibility index (Phi) is 6.24. The van der Waals surface area contributed by atoms with Gasteiger partial charge in [-0.05, 0) is 56.0 Å². The zero-order valence-corrected chi connectivity index (χ0v) is 15.4. The molecule has 1 aliphatic rings. The molecule has 2 aromatic rings. The van der Waals surface area contributed by atoms with Gasteiger partial charge in [-0.3, -0.25) is 9.69 Å². The molecular weight excluding hydrogens is 322 g/mol. The van der Waals surface area contributed by atoms with Crippen LogP contribution < -0.4 is 0 Å². The Morgan fingerprint density at radius 2 is 1.88 bits per heavy atom. The second-order valence-electron chi connectivity index (χ2n) is 7.10. The van der Waals surface area contributed by atoms with Crippen molar-refractivity contribution in [1.82, 2.24) is 4.90 Å². The van der Waals surface area contributed by atoms with E-state index in [1.807, 2.05) is 12.1 Å². The van der Waals surface area contributed by atoms with Crippen molar-refractivity contribution in [1.29, 1.82) is 0 Å². The third kappa shape index (κ3) is 5.06. The third-order valence-electron chi connectivity index (χ3n) is 5.00. The number of hydrogen-bond donors (Lipinski definition) is 1. The Bertz CT molecular complexity index is 758. The molecule has 1 fully saturated rings. The van der Waals surface area contributed by atoms with Crippen LogP contribution in [0.3, 0.4) is 0 Å². The lowest BCUT2D eigenvalue weighted by atomic mass is 10.0. The first-order chi connectivity index (χ1) is 12.6. The highest BCUT2D eigenvalue weighted by Crippen LogP contribution is 2.27. The maximum atomic E-state index is 10.8. The van der Waals surface area contributed by atoms with Gasteiger partial charge in [0.1, 0.15) is 0 Å². The van der Waals surface area contributed by atoms with Gasteiger partial charge in [-0.2, -0.15) is 0 Å². The molecule has 1 atom stereocenters. The Hall–Kier alpha value is -2.39. The fourth-order valence-corrected chi connectivity index (χ4v) is 3.53. The monoisotopic (exact) mass is 349 g/mol. The first-order valence-corrected chi connectivity index (χ1v) is 9.41. The number of aliphatic carboxylic acids is 1. The molecule has 3 heteroatoms. The molecule has 0 bridgehead atoms. The molecular formula is C23H27NO2. The fourth-order valence-electron chi connectivity index (χ4n) is 3.53. The van der Waals surface area contributed by atoms with Crippen LogP contribution in [0.2, 0.25) is 0 Å². The molecule has 0 aliphatic carbocycles. The second kappa shape index (κ2) is 8.81. The maximum Gasteiger partial charge on any atom is 0.303 e. The van der Waals surface area contributed by atoms with Crippen molar-refractivity contribution in [3.8, 4) is 0 Å². The summed E-state index contributed by atoms with van der Waals surface area (Å²) in [6, 6.07) is 17.3. The van der Waals surface area contributed by atoms with Crippen molar-refractivity contribution < 1.29 is 9.90 Å². The van der Waals surface area contributed by atoms with Gasteiger partial charge < -0.3 is 5.11 Å². The Morgan fingerprint density at radius 1 is 1.15 bits per heavy atom. The molecule has 1 N–H and O–H groups in total. The normalized spacial score (nSPS) is 16.2. The summed E-state index contributed by atoms with van der Waals surface area (Å²) in [6.45, 7) is 4.40. The van der Waals surface area contributed by atoms with E-state index < -0.39 is 5.97 Å². The minimum Gasteiger partial charge on any atom is -0.481 e. The van der Waals surface area contributed by atoms with Crippen molar-refractivity contribution >= 4 is 12.0 Å². The smallest absolute Gasteiger partial charge is 0.303 e. The summed E-state index contributed by atoms with van der Waals surface area (Å²) in [5.41, 5.74) is 4.81. The fraction of sp³-hybridized carbons (Fsp3) is 0.348. The lowest BCUT2D eigenvalue weighted by Crippen LogP contribution is -2.24. The van der Waals surface area contributed by atoms with Gasteiger partial charge in [-0.15, -0.1) is 0 Å². The van der Waals surface area contributed by atoms with E-state index in [-0.39, 0.29) is 6.42 Å². The van der Waals surface area contributed by atoms with Crippen LogP contribution in [0.25, 0.3) is 6.08 Å². The van der Waals surface area contributed by atoms with Gasteiger partial charge in [0.25, 0.3) is 0 Å². The number of hydrogen-bond acceptors (Lipinski definition) is 2. The minimum atomic E-state index is -0.751. The second-order valence-corrected chi connectivity index (χ2v) is 7.10. The van der Waals surface area contributed by atoms with Crippen LogP contribution in [0.4, 0.5) is 0 Å². The Balaban J connectivity index is 1.78. The molecule has 1 unspecified atom stereocenters. The number of carboxylic acids is 1. The summed E-state index contributed by atoms with van der Waals surface area (Å²) < 4.78 is 0. The molecule has 3 rings (SSSR count). The number of likely N-dealkylation sites (tertiary alicyclic amines) is 1. The van der Waals surface area contributed by atoms with Crippen molar-refractivity contribution in [3.05, 3.63) is 76.9 Å². The van der Waals surface area contributed by atoms with Gasteiger partial charge in [0, 0.05) is 6.42 Å². The molecule has 1 aliphatic heterocycles. The van der Waals surface area contributed by atoms with Crippen LogP contribution in [0, 0.1) is 6.92 Å². The standard InChI is InChI=1S/C23H27NO2/c1-18-7-11-21(12-8-18)22(24-15-2-3-16-24)13-9-19-5-4-6-20(17-19)10-14-23(25)26/h4-9,11-13,17,22H,2-3,10,14-16H2,1H3,(H,25,26)/b13-9-. The van der Waals surface area contributed by atoms with E-state index in [4.69, 9.17) is 5.11 Å². The van der Waals surface area contributed by atoms with Gasteiger partial charge in [0.05, 0.1) is 6.04 Å². The van der Waals surface area contributed by atoms with Crippen LogP contribution >= 0.6 is 0 Å². The quantitative estimate of drug-likeness (QED) is 0.776. The highest BCUT2D eigenvalue weighted by atomic mass is 16.4. The number of benzene rings is 2. The largest absolute Gasteiger partial charge is 0.481 e. The average Bonchev–Trinajstić information content (AvgIpc) is 3.16. The molecule has 0 aromatic heterocycles. The van der Waals surface area contributed by atoms with Crippen molar-refractivity contribution in [2.45, 2.75) is 38.6 Å². The minimum absolute atomic E-state index is 0.174. The Morgan fingerprint density at radius 3 is 2.58 bits per heavy atom. The first kappa shape index (κ1) is 18.4. The molecule has 1 heterocycles. The van der Waals surface area contributed by atoms with E-state index >= 15 is 0 Å². The van der Waals surface area contributed by atoms with Crippen LogP contribution in [-0.2, 0) is 11.2 Å². The van der Waals surface area contributed by atoms with E-state index in [0.29, 0.717) is 12.5 Å². The molecule has 2 aromatic carbocycles. The predicted octanol–water partition coefficient (Wildman–Crippen LogP) is 4.86. The van der Waals surface area contributed by atoms with E-state index in [9.17, 15) is 4.79 Å². The molecule has 0 amide bonds. The zero-order chi connectivity index (χ0) is 18.4. The molecule has 0 radical (unpaired) electrons. The molecule has 136 valence electrons. The lowest BCUT2D eigenvalue weighted by Gasteiger charge is -2.25. The van der Waals surface area contributed by atoms with E-state index in [0.717, 1.165) is 24.2 Å². The van der Waals surface area contributed by atoms with Crippen LogP contribution in [0.15, 0.2) is 54.6 Å². The maximum absolute atomic E-state index is 10.8. The summed E-state index contributed by atoms with van der Waals surface area (Å²) in [6.07, 6.45) is 7.73. The van der Waals surface area contributed by atoms with E-state index in [1.165, 1.54) is 24.0 Å². The number of aryl methyl sites for hydroxylation is 2. The highest BCUT2D eigenvalue weighted by Gasteiger charge is 2.21. The van der Waals surface area contributed by atoms with E-state index in [2.05, 4.69) is 60.4 Å². The third-order valence-corrected chi connectivity index (χ3v) is 5.00. The number of carbonyl (C=O) groups is 1. The average molecular weight is 349 g/mol. The summed E-state index contributed by atoms with van der Waals surface area (Å²) in [7, 11) is 0. The van der Waals surface area contributed by atoms with Gasteiger partial charge in [0.2, 0.25) is 0 Å². The van der Waals surface area contributed by atoms with Gasteiger partial charge in [-0.25, -0.2) is 0 Å². The molecule has 0 spiro atoms. The Labute approximate surface area is 156 Å². The van der Waals surface area contributed by atoms with Crippen LogP contribution in [-0.4, -0.2) is 29.1 Å². The summed E-state index contributed by atoms with van der Waals surface area (Å²) >= 11 is 0. The number of rotatable bonds is 7. The molecule has 26 heavy (non-hydrogen) atoms. The molecule has 0 saturated carbocycles. The summed E-state index contributed by atoms with van der Waals surface area (Å²) in [5, 5.41) is 8.87. The van der Waals surface area contributed by atoms with Crippen molar-refractivity contribution in [2.75, 3.05) is 13.1 Å². The zero-order valence-electron chi connectivity index (χ0n) is 15.4. The molecule has 3 nitrogen and oxygen atoms in total. The first-order valence-electron chi connectivity index (χ1n) is 9.41. The topological polar surface area (TPSA) is 40.5 Å². The summed E-state index contributed by atoms with van der Waals surface area (Å²) in [5.74, 6) is -0.751. The number of carboxylic acid groups (broad SMARTS) is 1. The van der Waals surface area contributed by atoms with Crippen LogP contribution in [0.1, 0.15) is 47.6 Å². The highest BCUT2D eigenvalue weighted by molar-refractivity contribution is 5.67. The number of nitrogens with zero attached hydrogens (tertiary/aromatic N) is 1. The van der Waals surface area contributed by atoms with Crippen molar-refractivity contribution in [2.24, 2.45) is 0 Å². The van der Waals surface area contributed by atoms with E-state index in [1.54, 1.807) is 0 Å². The lowest BCUT2D eigenvalue weighted by molar-refractivity contribution is -0.136. The van der Waals surface area contributed by atoms with Crippen molar-refractivity contribution in [3.63, 3.8) is 0 Å². The summed E-state index contributed by atoms with van der Waals surface area (Å²) in [4.78, 5) is 13.3. The van der Waals surface area contributed by atoms with Crippen LogP contribution in [0.5, 0.6) is 0 Å². The van der Waals surface area contributed by atoms with Gasteiger partial charge >= 0.3 is 5.97 Å². The SMILES string of the molecule is Cc1ccc(C(/C=C\c2cccc(CCC(=O)O)c2)N2CCCC2)cc1. The molecule has 1 saturated heterocycles. The van der Waals surface area contributed by atoms with Gasteiger partial charge in [-0.1, -0.05) is 66.2 Å².